The SMILES string of the molecule is CNc1cccc(OCCN(C)Cc2c(C)csc2Cl)c1. The van der Waals surface area contributed by atoms with Crippen molar-refractivity contribution in [3.63, 3.8) is 0 Å². The van der Waals surface area contributed by atoms with Crippen LogP contribution in [0, 0.1) is 6.92 Å². The van der Waals surface area contributed by atoms with E-state index in [2.05, 4.69) is 29.6 Å². The number of likely N-dealkylation sites (N-methyl/N-ethyl adjacent to an activating group) is 1. The normalized spacial score (nSPS) is 10.9. The summed E-state index contributed by atoms with van der Waals surface area (Å²) < 4.78 is 6.68. The number of thiophene rings is 1. The first-order valence-electron chi connectivity index (χ1n) is 6.91. The van der Waals surface area contributed by atoms with Crippen LogP contribution in [0.15, 0.2) is 29.6 Å². The Morgan fingerprint density at radius 2 is 2.19 bits per heavy atom. The highest BCUT2D eigenvalue weighted by molar-refractivity contribution is 7.14. The molecule has 0 saturated heterocycles. The van der Waals surface area contributed by atoms with Crippen LogP contribution in [0.3, 0.4) is 0 Å². The fraction of sp³-hybridized carbons (Fsp3) is 0.375. The molecule has 0 amide bonds. The average molecular weight is 325 g/mol. The maximum atomic E-state index is 6.21. The van der Waals surface area contributed by atoms with Crippen molar-refractivity contribution in [1.82, 2.24) is 4.90 Å². The molecule has 21 heavy (non-hydrogen) atoms. The van der Waals surface area contributed by atoms with Crippen LogP contribution in [0.5, 0.6) is 5.75 Å². The average Bonchev–Trinajstić information content (AvgIpc) is 2.79. The third kappa shape index (κ3) is 4.63. The summed E-state index contributed by atoms with van der Waals surface area (Å²) in [5, 5.41) is 5.21. The molecule has 1 aromatic carbocycles. The second-order valence-corrected chi connectivity index (χ2v) is 6.52. The van der Waals surface area contributed by atoms with Crippen LogP contribution in [-0.4, -0.2) is 32.1 Å². The van der Waals surface area contributed by atoms with E-state index in [1.807, 2.05) is 31.3 Å². The predicted octanol–water partition coefficient (Wildman–Crippen LogP) is 4.26. The maximum absolute atomic E-state index is 6.21. The Labute approximate surface area is 135 Å². The minimum Gasteiger partial charge on any atom is -0.492 e. The van der Waals surface area contributed by atoms with Crippen LogP contribution in [0.25, 0.3) is 0 Å². The molecular weight excluding hydrogens is 304 g/mol. The molecule has 0 aliphatic carbocycles. The molecule has 0 aliphatic rings. The van der Waals surface area contributed by atoms with Crippen molar-refractivity contribution >= 4 is 28.6 Å². The van der Waals surface area contributed by atoms with Crippen molar-refractivity contribution in [2.75, 3.05) is 32.6 Å². The van der Waals surface area contributed by atoms with Crippen LogP contribution >= 0.6 is 22.9 Å². The smallest absolute Gasteiger partial charge is 0.121 e. The first kappa shape index (κ1) is 16.1. The maximum Gasteiger partial charge on any atom is 0.121 e. The molecule has 2 rings (SSSR count). The quantitative estimate of drug-likeness (QED) is 0.823. The van der Waals surface area contributed by atoms with E-state index in [4.69, 9.17) is 16.3 Å². The Bertz CT molecular complexity index is 566. The number of ether oxygens (including phenoxy) is 1. The van der Waals surface area contributed by atoms with Crippen molar-refractivity contribution in [1.29, 1.82) is 0 Å². The summed E-state index contributed by atoms with van der Waals surface area (Å²) in [4.78, 5) is 2.23. The number of halogens is 1. The van der Waals surface area contributed by atoms with E-state index in [1.54, 1.807) is 11.3 Å². The largest absolute Gasteiger partial charge is 0.492 e. The first-order chi connectivity index (χ1) is 10.1. The van der Waals surface area contributed by atoms with Gasteiger partial charge in [0.2, 0.25) is 0 Å². The van der Waals surface area contributed by atoms with E-state index in [-0.39, 0.29) is 0 Å². The predicted molar refractivity (Wildman–Crippen MR) is 91.9 cm³/mol. The first-order valence-corrected chi connectivity index (χ1v) is 8.17. The monoisotopic (exact) mass is 324 g/mol. The van der Waals surface area contributed by atoms with E-state index in [0.29, 0.717) is 6.61 Å². The van der Waals surface area contributed by atoms with E-state index in [9.17, 15) is 0 Å². The number of anilines is 1. The lowest BCUT2D eigenvalue weighted by atomic mass is 10.2. The van der Waals surface area contributed by atoms with Gasteiger partial charge >= 0.3 is 0 Å². The van der Waals surface area contributed by atoms with Crippen LogP contribution in [0.2, 0.25) is 4.34 Å². The molecule has 0 bridgehead atoms. The number of aryl methyl sites for hydroxylation is 1. The fourth-order valence-corrected chi connectivity index (χ4v) is 3.17. The Hall–Kier alpha value is -1.23. The van der Waals surface area contributed by atoms with Gasteiger partial charge in [-0.2, -0.15) is 0 Å². The number of nitrogens with zero attached hydrogens (tertiary/aromatic N) is 1. The van der Waals surface area contributed by atoms with Gasteiger partial charge in [0.05, 0.1) is 4.34 Å². The van der Waals surface area contributed by atoms with Gasteiger partial charge in [-0.25, -0.2) is 0 Å². The minimum absolute atomic E-state index is 0.657. The molecule has 2 aromatic rings. The Kier molecular flexibility index (Phi) is 5.91. The van der Waals surface area contributed by atoms with Gasteiger partial charge < -0.3 is 10.1 Å². The van der Waals surface area contributed by atoms with Gasteiger partial charge in [0.15, 0.2) is 0 Å². The van der Waals surface area contributed by atoms with Crippen LogP contribution in [0.4, 0.5) is 5.69 Å². The summed E-state index contributed by atoms with van der Waals surface area (Å²) >= 11 is 7.80. The van der Waals surface area contributed by atoms with Gasteiger partial charge in [0.25, 0.3) is 0 Å². The van der Waals surface area contributed by atoms with E-state index >= 15 is 0 Å². The second kappa shape index (κ2) is 7.69. The summed E-state index contributed by atoms with van der Waals surface area (Å²) in [6.07, 6.45) is 0. The number of benzene rings is 1. The molecular formula is C16H21ClN2OS. The molecule has 0 aliphatic heterocycles. The third-order valence-electron chi connectivity index (χ3n) is 3.34. The van der Waals surface area contributed by atoms with Crippen molar-refractivity contribution < 1.29 is 4.74 Å². The Morgan fingerprint density at radius 1 is 1.38 bits per heavy atom. The van der Waals surface area contributed by atoms with Gasteiger partial charge in [0.1, 0.15) is 12.4 Å². The van der Waals surface area contributed by atoms with Crippen molar-refractivity contribution in [2.24, 2.45) is 0 Å². The van der Waals surface area contributed by atoms with Gasteiger partial charge in [-0.05, 0) is 42.6 Å². The Morgan fingerprint density at radius 3 is 2.86 bits per heavy atom. The van der Waals surface area contributed by atoms with Crippen molar-refractivity contribution in [2.45, 2.75) is 13.5 Å². The number of rotatable bonds is 7. The van der Waals surface area contributed by atoms with Crippen molar-refractivity contribution in [3.05, 3.63) is 45.1 Å². The standard InChI is InChI=1S/C16H21ClN2OS/c1-12-11-21-16(17)15(12)10-19(3)7-8-20-14-6-4-5-13(9-14)18-2/h4-6,9,11,18H,7-8,10H2,1-3H3. The molecule has 0 atom stereocenters. The molecule has 0 radical (unpaired) electrons. The van der Waals surface area contributed by atoms with Gasteiger partial charge in [-0.3, -0.25) is 4.90 Å². The summed E-state index contributed by atoms with van der Waals surface area (Å²) in [5.74, 6) is 0.889. The zero-order valence-corrected chi connectivity index (χ0v) is 14.2. The second-order valence-electron chi connectivity index (χ2n) is 5.04. The topological polar surface area (TPSA) is 24.5 Å². The zero-order chi connectivity index (χ0) is 15.2. The van der Waals surface area contributed by atoms with E-state index in [1.165, 1.54) is 11.1 Å². The third-order valence-corrected chi connectivity index (χ3v) is 4.77. The highest BCUT2D eigenvalue weighted by Gasteiger charge is 2.09. The molecule has 114 valence electrons. The fourth-order valence-electron chi connectivity index (χ4n) is 2.03. The van der Waals surface area contributed by atoms with Crippen LogP contribution < -0.4 is 10.1 Å². The van der Waals surface area contributed by atoms with Gasteiger partial charge in [-0.1, -0.05) is 17.7 Å². The molecule has 5 heteroatoms. The lowest BCUT2D eigenvalue weighted by molar-refractivity contribution is 0.233. The van der Waals surface area contributed by atoms with E-state index in [0.717, 1.165) is 28.9 Å². The molecule has 0 fully saturated rings. The van der Waals surface area contributed by atoms with Crippen molar-refractivity contribution in [3.8, 4) is 5.75 Å². The molecule has 0 saturated carbocycles. The number of nitrogens with one attached hydrogen (secondary N) is 1. The minimum atomic E-state index is 0.657. The van der Waals surface area contributed by atoms with Gasteiger partial charge in [0, 0.05) is 31.9 Å². The lowest BCUT2D eigenvalue weighted by Crippen LogP contribution is -2.24. The molecule has 1 N–H and O–H groups in total. The highest BCUT2D eigenvalue weighted by Crippen LogP contribution is 2.28. The van der Waals surface area contributed by atoms with E-state index < -0.39 is 0 Å². The highest BCUT2D eigenvalue weighted by atomic mass is 35.5. The number of hydrogen-bond acceptors (Lipinski definition) is 4. The Balaban J connectivity index is 1.80. The summed E-state index contributed by atoms with van der Waals surface area (Å²) in [6, 6.07) is 7.97. The van der Waals surface area contributed by atoms with Crippen LogP contribution in [0.1, 0.15) is 11.1 Å². The molecule has 0 unspecified atom stereocenters. The lowest BCUT2D eigenvalue weighted by Gasteiger charge is -2.17. The summed E-state index contributed by atoms with van der Waals surface area (Å²) in [5.41, 5.74) is 3.54. The molecule has 1 aromatic heterocycles. The molecule has 0 spiro atoms. The number of hydrogen-bond donors (Lipinski definition) is 1. The van der Waals surface area contributed by atoms with Gasteiger partial charge in [-0.15, -0.1) is 11.3 Å². The van der Waals surface area contributed by atoms with Crippen LogP contribution in [-0.2, 0) is 6.54 Å². The zero-order valence-electron chi connectivity index (χ0n) is 12.6. The molecule has 1 heterocycles. The molecule has 3 nitrogen and oxygen atoms in total. The summed E-state index contributed by atoms with van der Waals surface area (Å²) in [7, 11) is 3.99. The summed E-state index contributed by atoms with van der Waals surface area (Å²) in [6.45, 7) is 4.47.